The zero-order chi connectivity index (χ0) is 13.5. The molecule has 19 heavy (non-hydrogen) atoms. The Balaban J connectivity index is 1.73. The third kappa shape index (κ3) is 4.11. The van der Waals surface area contributed by atoms with Crippen molar-refractivity contribution in [1.29, 1.82) is 0 Å². The number of rotatable bonds is 7. The van der Waals surface area contributed by atoms with E-state index in [4.69, 9.17) is 5.11 Å². The smallest absolute Gasteiger partial charge is 0.126 e. The molecule has 2 aromatic rings. The van der Waals surface area contributed by atoms with Crippen LogP contribution in [0.3, 0.4) is 0 Å². The number of aliphatic hydroxyl groups is 1. The molecule has 1 heterocycles. The molecule has 5 nitrogen and oxygen atoms in total. The molecule has 0 bridgehead atoms. The van der Waals surface area contributed by atoms with E-state index in [2.05, 4.69) is 15.6 Å². The van der Waals surface area contributed by atoms with Gasteiger partial charge in [0.15, 0.2) is 0 Å². The molecular weight excluding hydrogens is 247 g/mol. The Labute approximate surface area is 111 Å². The summed E-state index contributed by atoms with van der Waals surface area (Å²) in [7, 11) is 0. The number of benzene rings is 1. The number of aromatic nitrogens is 3. The fraction of sp³-hybridized carbons (Fsp3) is 0.385. The molecule has 1 aromatic heterocycles. The molecule has 0 saturated heterocycles. The molecule has 1 aromatic carbocycles. The topological polar surface area (TPSA) is 63.0 Å². The fourth-order valence-electron chi connectivity index (χ4n) is 1.77. The largest absolute Gasteiger partial charge is 0.394 e. The highest BCUT2D eigenvalue weighted by Crippen LogP contribution is 2.06. The van der Waals surface area contributed by atoms with Gasteiger partial charge < -0.3 is 10.4 Å². The van der Waals surface area contributed by atoms with Crippen LogP contribution >= 0.6 is 0 Å². The molecule has 0 radical (unpaired) electrons. The lowest BCUT2D eigenvalue weighted by Crippen LogP contribution is -2.17. The van der Waals surface area contributed by atoms with Crippen LogP contribution in [0, 0.1) is 5.82 Å². The van der Waals surface area contributed by atoms with Crippen LogP contribution in [-0.4, -0.2) is 33.3 Å². The highest BCUT2D eigenvalue weighted by Gasteiger charge is 2.02. The molecule has 102 valence electrons. The van der Waals surface area contributed by atoms with Crippen LogP contribution in [0.15, 0.2) is 30.5 Å². The van der Waals surface area contributed by atoms with Gasteiger partial charge in [-0.2, -0.15) is 0 Å². The van der Waals surface area contributed by atoms with E-state index in [0.717, 1.165) is 5.69 Å². The monoisotopic (exact) mass is 264 g/mol. The molecule has 0 amide bonds. The maximum Gasteiger partial charge on any atom is 0.126 e. The van der Waals surface area contributed by atoms with Gasteiger partial charge in [0.1, 0.15) is 5.82 Å². The van der Waals surface area contributed by atoms with Crippen molar-refractivity contribution in [2.24, 2.45) is 0 Å². The lowest BCUT2D eigenvalue weighted by molar-refractivity contribution is 0.268. The molecule has 0 saturated carbocycles. The third-order valence-electron chi connectivity index (χ3n) is 2.75. The summed E-state index contributed by atoms with van der Waals surface area (Å²) in [5, 5.41) is 19.8. The van der Waals surface area contributed by atoms with Gasteiger partial charge in [0.25, 0.3) is 0 Å². The molecule has 0 aliphatic carbocycles. The Morgan fingerprint density at radius 1 is 1.32 bits per heavy atom. The van der Waals surface area contributed by atoms with E-state index in [1.165, 1.54) is 6.07 Å². The van der Waals surface area contributed by atoms with Crippen molar-refractivity contribution >= 4 is 0 Å². The van der Waals surface area contributed by atoms with E-state index in [-0.39, 0.29) is 12.4 Å². The van der Waals surface area contributed by atoms with E-state index >= 15 is 0 Å². The van der Waals surface area contributed by atoms with E-state index in [1.807, 2.05) is 6.07 Å². The van der Waals surface area contributed by atoms with Crippen molar-refractivity contribution in [3.8, 4) is 0 Å². The van der Waals surface area contributed by atoms with Crippen LogP contribution in [0.4, 0.5) is 4.39 Å². The summed E-state index contributed by atoms with van der Waals surface area (Å²) in [6, 6.07) is 6.77. The van der Waals surface area contributed by atoms with Crippen molar-refractivity contribution in [2.45, 2.75) is 19.5 Å². The zero-order valence-corrected chi connectivity index (χ0v) is 10.6. The van der Waals surface area contributed by atoms with Crippen LogP contribution in [0.25, 0.3) is 0 Å². The van der Waals surface area contributed by atoms with Crippen LogP contribution in [0.2, 0.25) is 0 Å². The number of nitrogens with one attached hydrogen (secondary N) is 1. The number of hydrogen-bond acceptors (Lipinski definition) is 4. The van der Waals surface area contributed by atoms with Crippen LogP contribution < -0.4 is 5.32 Å². The second-order valence-corrected chi connectivity index (χ2v) is 4.21. The minimum atomic E-state index is -0.168. The van der Waals surface area contributed by atoms with E-state index in [1.54, 1.807) is 23.0 Å². The molecule has 0 spiro atoms. The van der Waals surface area contributed by atoms with Crippen LogP contribution in [-0.2, 0) is 19.5 Å². The fourth-order valence-corrected chi connectivity index (χ4v) is 1.77. The predicted octanol–water partition coefficient (Wildman–Crippen LogP) is 0.742. The van der Waals surface area contributed by atoms with E-state index in [0.29, 0.717) is 31.6 Å². The van der Waals surface area contributed by atoms with E-state index in [9.17, 15) is 4.39 Å². The Morgan fingerprint density at radius 2 is 2.16 bits per heavy atom. The molecule has 2 N–H and O–H groups in total. The van der Waals surface area contributed by atoms with Crippen LogP contribution in [0.5, 0.6) is 0 Å². The molecule has 2 rings (SSSR count). The molecule has 0 aliphatic heterocycles. The average molecular weight is 264 g/mol. The predicted molar refractivity (Wildman–Crippen MR) is 68.9 cm³/mol. The van der Waals surface area contributed by atoms with Gasteiger partial charge in [0.05, 0.1) is 18.8 Å². The summed E-state index contributed by atoms with van der Waals surface area (Å²) >= 11 is 0. The Kier molecular flexibility index (Phi) is 5.00. The zero-order valence-electron chi connectivity index (χ0n) is 10.6. The minimum absolute atomic E-state index is 0.0452. The van der Waals surface area contributed by atoms with Gasteiger partial charge in [-0.1, -0.05) is 23.4 Å². The van der Waals surface area contributed by atoms with Gasteiger partial charge in [-0.3, -0.25) is 0 Å². The first-order valence-corrected chi connectivity index (χ1v) is 6.23. The lowest BCUT2D eigenvalue weighted by Gasteiger charge is -2.03. The van der Waals surface area contributed by atoms with Crippen molar-refractivity contribution in [3.05, 3.63) is 47.5 Å². The maximum absolute atomic E-state index is 13.4. The normalized spacial score (nSPS) is 10.8. The van der Waals surface area contributed by atoms with Crippen molar-refractivity contribution in [2.75, 3.05) is 13.2 Å². The number of aliphatic hydroxyl groups excluding tert-OH is 1. The quantitative estimate of drug-likeness (QED) is 0.724. The summed E-state index contributed by atoms with van der Waals surface area (Å²) in [5.41, 5.74) is 1.51. The number of hydrogen-bond donors (Lipinski definition) is 2. The Bertz CT molecular complexity index is 515. The van der Waals surface area contributed by atoms with Crippen LogP contribution in [0.1, 0.15) is 11.3 Å². The maximum atomic E-state index is 13.4. The van der Waals surface area contributed by atoms with Crippen molar-refractivity contribution in [1.82, 2.24) is 20.3 Å². The summed E-state index contributed by atoms with van der Waals surface area (Å²) < 4.78 is 14.9. The molecule has 0 fully saturated rings. The summed E-state index contributed by atoms with van der Waals surface area (Å²) in [6.45, 7) is 1.75. The Hall–Kier alpha value is -1.79. The highest BCUT2D eigenvalue weighted by atomic mass is 19.1. The molecule has 0 aliphatic rings. The number of halogens is 1. The lowest BCUT2D eigenvalue weighted by atomic mass is 10.1. The first-order chi connectivity index (χ1) is 9.29. The van der Waals surface area contributed by atoms with E-state index < -0.39 is 0 Å². The average Bonchev–Trinajstić information content (AvgIpc) is 2.85. The SMILES string of the molecule is OCCn1cc(CNCCc2ccccc2F)nn1. The second-order valence-electron chi connectivity index (χ2n) is 4.21. The van der Waals surface area contributed by atoms with Crippen molar-refractivity contribution in [3.63, 3.8) is 0 Å². The van der Waals surface area contributed by atoms with Gasteiger partial charge >= 0.3 is 0 Å². The molecular formula is C13H17FN4O. The standard InChI is InChI=1S/C13H17FN4O/c14-13-4-2-1-3-11(13)5-6-15-9-12-10-18(7-8-19)17-16-12/h1-4,10,15,19H,5-9H2. The second kappa shape index (κ2) is 6.96. The van der Waals surface area contributed by atoms with Crippen molar-refractivity contribution < 1.29 is 9.50 Å². The molecule has 0 atom stereocenters. The summed E-state index contributed by atoms with van der Waals surface area (Å²) in [5.74, 6) is -0.168. The first-order valence-electron chi connectivity index (χ1n) is 6.23. The Morgan fingerprint density at radius 3 is 2.95 bits per heavy atom. The van der Waals surface area contributed by atoms with Gasteiger partial charge in [0, 0.05) is 12.7 Å². The third-order valence-corrected chi connectivity index (χ3v) is 2.75. The summed E-state index contributed by atoms with van der Waals surface area (Å²) in [6.07, 6.45) is 2.42. The van der Waals surface area contributed by atoms with Gasteiger partial charge in [0.2, 0.25) is 0 Å². The summed E-state index contributed by atoms with van der Waals surface area (Å²) in [4.78, 5) is 0. The highest BCUT2D eigenvalue weighted by molar-refractivity contribution is 5.17. The van der Waals surface area contributed by atoms with Gasteiger partial charge in [-0.15, -0.1) is 5.10 Å². The van der Waals surface area contributed by atoms with Gasteiger partial charge in [-0.05, 0) is 24.6 Å². The molecule has 6 heteroatoms. The van der Waals surface area contributed by atoms with Gasteiger partial charge in [-0.25, -0.2) is 9.07 Å². The minimum Gasteiger partial charge on any atom is -0.394 e. The number of nitrogens with zero attached hydrogens (tertiary/aromatic N) is 3. The first kappa shape index (κ1) is 13.6. The molecule has 0 unspecified atom stereocenters.